The number of thioether (sulfide) groups is 1. The molecule has 0 unspecified atom stereocenters. The minimum Gasteiger partial charge on any atom is -0.325 e. The fourth-order valence-corrected chi connectivity index (χ4v) is 4.46. The molecule has 168 valence electrons. The first-order valence-electron chi connectivity index (χ1n) is 10.5. The van der Waals surface area contributed by atoms with E-state index in [4.69, 9.17) is 11.6 Å². The summed E-state index contributed by atoms with van der Waals surface area (Å²) in [5.74, 6) is -0.163. The van der Waals surface area contributed by atoms with Gasteiger partial charge < -0.3 is 5.32 Å². The maximum Gasteiger partial charge on any atom is 0.282 e. The summed E-state index contributed by atoms with van der Waals surface area (Å²) < 4.78 is 1.50. The van der Waals surface area contributed by atoms with Gasteiger partial charge in [0.15, 0.2) is 16.3 Å². The Labute approximate surface area is 200 Å². The van der Waals surface area contributed by atoms with E-state index in [1.165, 1.54) is 28.7 Å². The summed E-state index contributed by atoms with van der Waals surface area (Å²) in [7, 11) is 0. The second-order valence-electron chi connectivity index (χ2n) is 7.48. The Morgan fingerprint density at radius 1 is 1.12 bits per heavy atom. The minimum absolute atomic E-state index is 0.163. The molecule has 0 spiro atoms. The quantitative estimate of drug-likeness (QED) is 0.305. The molecule has 7 nitrogen and oxygen atoms in total. The van der Waals surface area contributed by atoms with Gasteiger partial charge in [-0.1, -0.05) is 66.2 Å². The number of fused-ring (bicyclic) bond motifs is 1. The van der Waals surface area contributed by atoms with Crippen LogP contribution in [0.2, 0.25) is 5.02 Å². The predicted octanol–water partition coefficient (Wildman–Crippen LogP) is 4.71. The lowest BCUT2D eigenvalue weighted by Gasteiger charge is -2.18. The van der Waals surface area contributed by atoms with Crippen molar-refractivity contribution < 1.29 is 4.79 Å². The van der Waals surface area contributed by atoms with E-state index >= 15 is 0 Å². The molecule has 9 heteroatoms. The molecule has 0 aliphatic carbocycles. The third kappa shape index (κ3) is 5.23. The van der Waals surface area contributed by atoms with Crippen LogP contribution in [-0.2, 0) is 11.3 Å². The lowest BCUT2D eigenvalue weighted by molar-refractivity contribution is -0.115. The molecular formula is C24H22ClN5O2S. The van der Waals surface area contributed by atoms with Crippen LogP contribution < -0.4 is 10.9 Å². The highest BCUT2D eigenvalue weighted by Crippen LogP contribution is 2.27. The van der Waals surface area contributed by atoms with Crippen molar-refractivity contribution in [1.29, 1.82) is 0 Å². The molecular weight excluding hydrogens is 458 g/mol. The first-order chi connectivity index (χ1) is 16.0. The van der Waals surface area contributed by atoms with E-state index in [2.05, 4.69) is 20.3 Å². The summed E-state index contributed by atoms with van der Waals surface area (Å²) in [5.41, 5.74) is 2.69. The SMILES string of the molecule is CC[C@@H](Sc1nc2nccnc2c(=O)n1Cc1ccccc1Cl)C(=O)Nc1ccc(C)cc1. The summed E-state index contributed by atoms with van der Waals surface area (Å²) >= 11 is 7.58. The van der Waals surface area contributed by atoms with Gasteiger partial charge in [0.25, 0.3) is 5.56 Å². The maximum absolute atomic E-state index is 13.3. The van der Waals surface area contributed by atoms with Crippen LogP contribution in [0.3, 0.4) is 0 Å². The van der Waals surface area contributed by atoms with Crippen molar-refractivity contribution in [2.24, 2.45) is 0 Å². The summed E-state index contributed by atoms with van der Waals surface area (Å²) in [4.78, 5) is 39.2. The molecule has 0 aliphatic rings. The Bertz CT molecular complexity index is 1360. The zero-order valence-electron chi connectivity index (χ0n) is 18.2. The number of nitrogens with one attached hydrogen (secondary N) is 1. The van der Waals surface area contributed by atoms with Crippen LogP contribution in [0.4, 0.5) is 5.69 Å². The van der Waals surface area contributed by atoms with Gasteiger partial charge in [-0.3, -0.25) is 14.2 Å². The molecule has 1 N–H and O–H groups in total. The van der Waals surface area contributed by atoms with Crippen molar-refractivity contribution in [1.82, 2.24) is 19.5 Å². The third-order valence-corrected chi connectivity index (χ3v) is 6.80. The second kappa shape index (κ2) is 10.1. The normalized spacial score (nSPS) is 12.0. The number of hydrogen-bond donors (Lipinski definition) is 1. The number of aryl methyl sites for hydroxylation is 1. The van der Waals surface area contributed by atoms with Crippen molar-refractivity contribution in [3.05, 3.63) is 87.4 Å². The number of nitrogens with zero attached hydrogens (tertiary/aromatic N) is 4. The molecule has 2 heterocycles. The molecule has 4 aromatic rings. The topological polar surface area (TPSA) is 89.8 Å². The zero-order chi connectivity index (χ0) is 23.4. The highest BCUT2D eigenvalue weighted by atomic mass is 35.5. The van der Waals surface area contributed by atoms with Crippen molar-refractivity contribution in [2.45, 2.75) is 37.2 Å². The van der Waals surface area contributed by atoms with Gasteiger partial charge in [0.1, 0.15) is 0 Å². The van der Waals surface area contributed by atoms with Gasteiger partial charge >= 0.3 is 0 Å². The number of carbonyl (C=O) groups excluding carboxylic acids is 1. The van der Waals surface area contributed by atoms with E-state index in [1.54, 1.807) is 6.07 Å². The van der Waals surface area contributed by atoms with Gasteiger partial charge in [0, 0.05) is 23.1 Å². The van der Waals surface area contributed by atoms with E-state index in [9.17, 15) is 9.59 Å². The molecule has 33 heavy (non-hydrogen) atoms. The zero-order valence-corrected chi connectivity index (χ0v) is 19.7. The van der Waals surface area contributed by atoms with Crippen LogP contribution in [0.5, 0.6) is 0 Å². The number of halogens is 1. The Balaban J connectivity index is 1.70. The fourth-order valence-electron chi connectivity index (χ4n) is 3.26. The van der Waals surface area contributed by atoms with Crippen LogP contribution in [0.25, 0.3) is 11.2 Å². The van der Waals surface area contributed by atoms with Gasteiger partial charge in [0.2, 0.25) is 5.91 Å². The standard InChI is InChI=1S/C24H22ClN5O2S/c1-3-19(22(31)28-17-10-8-15(2)9-11-17)33-24-29-21-20(26-12-13-27-21)23(32)30(24)14-16-6-4-5-7-18(16)25/h4-13,19H,3,14H2,1-2H3,(H,28,31)/t19-/m1/s1. The predicted molar refractivity (Wildman–Crippen MR) is 132 cm³/mol. The Morgan fingerprint density at radius 3 is 2.58 bits per heavy atom. The van der Waals surface area contributed by atoms with Gasteiger partial charge in [-0.05, 0) is 37.1 Å². The Morgan fingerprint density at radius 2 is 1.85 bits per heavy atom. The van der Waals surface area contributed by atoms with Crippen molar-refractivity contribution >= 4 is 46.1 Å². The minimum atomic E-state index is -0.468. The van der Waals surface area contributed by atoms with E-state index in [1.807, 2.05) is 56.3 Å². The number of anilines is 1. The number of aromatic nitrogens is 4. The monoisotopic (exact) mass is 479 g/mol. The van der Waals surface area contributed by atoms with Gasteiger partial charge in [-0.2, -0.15) is 0 Å². The average Bonchev–Trinajstić information content (AvgIpc) is 2.82. The number of benzene rings is 2. The highest BCUT2D eigenvalue weighted by Gasteiger charge is 2.23. The highest BCUT2D eigenvalue weighted by molar-refractivity contribution is 8.00. The summed E-state index contributed by atoms with van der Waals surface area (Å²) in [6, 6.07) is 14.9. The molecule has 2 aromatic carbocycles. The summed E-state index contributed by atoms with van der Waals surface area (Å²) in [5, 5.41) is 3.41. The molecule has 0 saturated carbocycles. The second-order valence-corrected chi connectivity index (χ2v) is 9.05. The van der Waals surface area contributed by atoms with Crippen LogP contribution >= 0.6 is 23.4 Å². The van der Waals surface area contributed by atoms with Gasteiger partial charge in [-0.25, -0.2) is 15.0 Å². The third-order valence-electron chi connectivity index (χ3n) is 5.08. The van der Waals surface area contributed by atoms with Crippen LogP contribution in [0.15, 0.2) is 70.9 Å². The van der Waals surface area contributed by atoms with Gasteiger partial charge in [0.05, 0.1) is 11.8 Å². The number of rotatable bonds is 7. The van der Waals surface area contributed by atoms with E-state index in [0.29, 0.717) is 16.6 Å². The molecule has 0 bridgehead atoms. The van der Waals surface area contributed by atoms with Crippen LogP contribution in [0.1, 0.15) is 24.5 Å². The molecule has 1 amide bonds. The number of amides is 1. The largest absolute Gasteiger partial charge is 0.325 e. The number of hydrogen-bond acceptors (Lipinski definition) is 6. The van der Waals surface area contributed by atoms with E-state index in [0.717, 1.165) is 16.8 Å². The average molecular weight is 480 g/mol. The lowest BCUT2D eigenvalue weighted by Crippen LogP contribution is -2.29. The Kier molecular flexibility index (Phi) is 7.05. The van der Waals surface area contributed by atoms with Crippen molar-refractivity contribution in [3.63, 3.8) is 0 Å². The van der Waals surface area contributed by atoms with Crippen molar-refractivity contribution in [3.8, 4) is 0 Å². The van der Waals surface area contributed by atoms with E-state index < -0.39 is 5.25 Å². The molecule has 0 radical (unpaired) electrons. The maximum atomic E-state index is 13.3. The number of carbonyl (C=O) groups is 1. The molecule has 0 saturated heterocycles. The lowest BCUT2D eigenvalue weighted by atomic mass is 10.2. The van der Waals surface area contributed by atoms with E-state index in [-0.39, 0.29) is 29.2 Å². The first kappa shape index (κ1) is 22.9. The summed E-state index contributed by atoms with van der Waals surface area (Å²) in [6.07, 6.45) is 3.49. The smallest absolute Gasteiger partial charge is 0.282 e. The van der Waals surface area contributed by atoms with Crippen molar-refractivity contribution in [2.75, 3.05) is 5.32 Å². The van der Waals surface area contributed by atoms with Crippen LogP contribution in [0, 0.1) is 6.92 Å². The molecule has 2 aromatic heterocycles. The van der Waals surface area contributed by atoms with Gasteiger partial charge in [-0.15, -0.1) is 0 Å². The van der Waals surface area contributed by atoms with Crippen LogP contribution in [-0.4, -0.2) is 30.7 Å². The molecule has 4 rings (SSSR count). The molecule has 0 fully saturated rings. The first-order valence-corrected chi connectivity index (χ1v) is 11.7. The summed E-state index contributed by atoms with van der Waals surface area (Å²) in [6.45, 7) is 4.11. The Hall–Kier alpha value is -3.23. The molecule has 0 aliphatic heterocycles. The molecule has 1 atom stereocenters. The fraction of sp³-hybridized carbons (Fsp3) is 0.208.